The molecule has 0 saturated carbocycles. The molecule has 2 aromatic heterocycles. The number of hydrogen-bond acceptors (Lipinski definition) is 2. The van der Waals surface area contributed by atoms with Gasteiger partial charge in [-0.05, 0) is 161 Å². The molecule has 0 spiro atoms. The van der Waals surface area contributed by atoms with Crippen molar-refractivity contribution in [2.45, 2.75) is 90.9 Å². The number of rotatable bonds is 6. The molecule has 79 heavy (non-hydrogen) atoms. The van der Waals surface area contributed by atoms with Gasteiger partial charge in [-0.15, -0.1) is 0 Å². The Balaban J connectivity index is 0.965. The van der Waals surface area contributed by atoms with Crippen LogP contribution < -0.4 is 9.80 Å². The van der Waals surface area contributed by atoms with Crippen LogP contribution in [-0.4, -0.2) is 4.40 Å². The molecule has 0 unspecified atom stereocenters. The number of hydrogen-bond donors (Lipinski definition) is 0. The van der Waals surface area contributed by atoms with Gasteiger partial charge in [0.1, 0.15) is 0 Å². The summed E-state index contributed by atoms with van der Waals surface area (Å²) in [6.45, 7) is 23.3. The van der Waals surface area contributed by atoms with Crippen molar-refractivity contribution in [3.05, 3.63) is 246 Å². The molecule has 2 heterocycles. The third kappa shape index (κ3) is 6.91. The summed E-state index contributed by atoms with van der Waals surface area (Å²) in [5, 5.41) is 9.93. The van der Waals surface area contributed by atoms with Crippen LogP contribution >= 0.6 is 0 Å². The number of benzene rings is 11. The molecule has 2 aliphatic carbocycles. The Morgan fingerprint density at radius 3 is 1.42 bits per heavy atom. The van der Waals surface area contributed by atoms with Gasteiger partial charge in [0.25, 0.3) is 0 Å². The predicted molar refractivity (Wildman–Crippen MR) is 338 cm³/mol. The molecule has 0 N–H and O–H groups in total. The standard InChI is InChI=1S/C76H65N3/c1-73(2,3)49-25-30-51(31-26-49)77(54-34-37-59-57-19-13-15-21-64(57)75(7,8)66(59)44-54)53-29-23-47-42-63-61-39-40-68(70-62-36-24-46-17-11-12-18-56(46)71(62)79(72(61)70)69(63)43-48(47)41-53)78(52-32-27-50(28-33-52)74(4,5)6)55-35-38-60-58-20-14-16-22-65(58)76(9,10)67(60)45-55/h11-45H,1-10H3. The van der Waals surface area contributed by atoms with Gasteiger partial charge in [-0.1, -0.05) is 203 Å². The number of anilines is 6. The van der Waals surface area contributed by atoms with Gasteiger partial charge in [-0.25, -0.2) is 0 Å². The fraction of sp³-hybridized carbons (Fsp3) is 0.184. The van der Waals surface area contributed by atoms with E-state index < -0.39 is 0 Å². The zero-order valence-corrected chi connectivity index (χ0v) is 47.0. The lowest BCUT2D eigenvalue weighted by Crippen LogP contribution is -2.17. The summed E-state index contributed by atoms with van der Waals surface area (Å²) in [7, 11) is 0. The van der Waals surface area contributed by atoms with E-state index in [2.05, 4.69) is 296 Å². The van der Waals surface area contributed by atoms with Crippen LogP contribution in [0.2, 0.25) is 0 Å². The number of nitrogens with zero attached hydrogens (tertiary/aromatic N) is 3. The van der Waals surface area contributed by atoms with E-state index in [1.165, 1.54) is 121 Å². The van der Waals surface area contributed by atoms with Gasteiger partial charge in [0, 0.05) is 66.2 Å². The second kappa shape index (κ2) is 16.4. The molecule has 0 atom stereocenters. The monoisotopic (exact) mass is 1020 g/mol. The maximum absolute atomic E-state index is 2.61. The molecular formula is C76H65N3. The lowest BCUT2D eigenvalue weighted by atomic mass is 9.82. The number of fused-ring (bicyclic) bond motifs is 15. The lowest BCUT2D eigenvalue weighted by Gasteiger charge is -2.29. The van der Waals surface area contributed by atoms with Crippen LogP contribution in [0, 0.1) is 0 Å². The molecule has 15 rings (SSSR count). The van der Waals surface area contributed by atoms with E-state index >= 15 is 0 Å². The maximum atomic E-state index is 2.61. The first-order chi connectivity index (χ1) is 37.9. The molecule has 0 bridgehead atoms. The van der Waals surface area contributed by atoms with Gasteiger partial charge in [0.15, 0.2) is 0 Å². The van der Waals surface area contributed by atoms with Crippen molar-refractivity contribution in [1.29, 1.82) is 0 Å². The minimum Gasteiger partial charge on any atom is -0.310 e. The SMILES string of the molecule is CC(C)(C)c1ccc(N(c2ccc3c(c2)C(C)(C)c2ccccc2-3)c2ccc3cc4c5ccc(N(c6ccc(C(C)(C)C)cc6)c6ccc7c(c6)C(C)(C)c6ccccc6-7)c6c7ccc8ccccc8c7n(c4cc3c2)c56)cc1. The van der Waals surface area contributed by atoms with Gasteiger partial charge in [-0.3, -0.25) is 0 Å². The van der Waals surface area contributed by atoms with Crippen molar-refractivity contribution in [3.8, 4) is 22.3 Å². The fourth-order valence-corrected chi connectivity index (χ4v) is 14.1. The van der Waals surface area contributed by atoms with E-state index in [1.54, 1.807) is 0 Å². The molecule has 0 aliphatic heterocycles. The average Bonchev–Trinajstić information content (AvgIpc) is 2.56. The summed E-state index contributed by atoms with van der Waals surface area (Å²) in [6.07, 6.45) is 0. The molecule has 384 valence electrons. The minimum atomic E-state index is -0.150. The second-order valence-electron chi connectivity index (χ2n) is 25.8. The second-order valence-corrected chi connectivity index (χ2v) is 25.8. The van der Waals surface area contributed by atoms with Gasteiger partial charge < -0.3 is 14.2 Å². The Kier molecular flexibility index (Phi) is 9.90. The minimum absolute atomic E-state index is 0.0208. The Morgan fingerprint density at radius 1 is 0.329 bits per heavy atom. The average molecular weight is 1020 g/mol. The van der Waals surface area contributed by atoms with E-state index in [9.17, 15) is 0 Å². The van der Waals surface area contributed by atoms with Crippen molar-refractivity contribution in [1.82, 2.24) is 4.40 Å². The van der Waals surface area contributed by atoms with Crippen molar-refractivity contribution < 1.29 is 0 Å². The summed E-state index contributed by atoms with van der Waals surface area (Å²) in [5.74, 6) is 0. The van der Waals surface area contributed by atoms with Gasteiger partial charge >= 0.3 is 0 Å². The third-order valence-electron chi connectivity index (χ3n) is 18.4. The van der Waals surface area contributed by atoms with Crippen molar-refractivity contribution in [2.24, 2.45) is 0 Å². The number of aromatic nitrogens is 1. The van der Waals surface area contributed by atoms with Crippen LogP contribution in [0.15, 0.2) is 212 Å². The normalized spacial score (nSPS) is 14.4. The molecule has 3 nitrogen and oxygen atoms in total. The highest BCUT2D eigenvalue weighted by Crippen LogP contribution is 2.55. The quantitative estimate of drug-likeness (QED) is 0.164. The molecule has 11 aromatic carbocycles. The van der Waals surface area contributed by atoms with Crippen LogP contribution in [0.3, 0.4) is 0 Å². The summed E-state index contributed by atoms with van der Waals surface area (Å²) in [4.78, 5) is 5.01. The third-order valence-corrected chi connectivity index (χ3v) is 18.4. The highest BCUT2D eigenvalue weighted by molar-refractivity contribution is 6.31. The predicted octanol–water partition coefficient (Wildman–Crippen LogP) is 21.3. The van der Waals surface area contributed by atoms with Crippen LogP contribution in [0.4, 0.5) is 34.1 Å². The zero-order chi connectivity index (χ0) is 54.1. The van der Waals surface area contributed by atoms with E-state index in [0.29, 0.717) is 0 Å². The van der Waals surface area contributed by atoms with Gasteiger partial charge in [0.05, 0.1) is 22.2 Å². The summed E-state index contributed by atoms with van der Waals surface area (Å²) in [6, 6.07) is 81.3. The summed E-state index contributed by atoms with van der Waals surface area (Å²) < 4.78 is 2.61. The summed E-state index contributed by atoms with van der Waals surface area (Å²) in [5.41, 5.74) is 23.8. The van der Waals surface area contributed by atoms with Crippen LogP contribution in [0.1, 0.15) is 103 Å². The van der Waals surface area contributed by atoms with Gasteiger partial charge in [0.2, 0.25) is 0 Å². The van der Waals surface area contributed by atoms with Crippen LogP contribution in [0.25, 0.3) is 81.9 Å². The van der Waals surface area contributed by atoms with E-state index in [1.807, 2.05) is 0 Å². The first-order valence-electron chi connectivity index (χ1n) is 28.3. The molecule has 0 radical (unpaired) electrons. The topological polar surface area (TPSA) is 10.9 Å². The highest BCUT2D eigenvalue weighted by atomic mass is 15.2. The van der Waals surface area contributed by atoms with E-state index in [0.717, 1.165) is 28.4 Å². The highest BCUT2D eigenvalue weighted by Gasteiger charge is 2.38. The fourth-order valence-electron chi connectivity index (χ4n) is 14.1. The Hall–Kier alpha value is -8.66. The molecule has 0 fully saturated rings. The lowest BCUT2D eigenvalue weighted by molar-refractivity contribution is 0.590. The Bertz CT molecular complexity index is 4670. The van der Waals surface area contributed by atoms with E-state index in [-0.39, 0.29) is 21.7 Å². The van der Waals surface area contributed by atoms with E-state index in [4.69, 9.17) is 0 Å². The molecule has 13 aromatic rings. The molecule has 3 heteroatoms. The Labute approximate surface area is 464 Å². The molecule has 0 saturated heterocycles. The summed E-state index contributed by atoms with van der Waals surface area (Å²) >= 11 is 0. The maximum Gasteiger partial charge on any atom is 0.0641 e. The first-order valence-corrected chi connectivity index (χ1v) is 28.3. The first kappa shape index (κ1) is 47.5. The van der Waals surface area contributed by atoms with Crippen LogP contribution in [0.5, 0.6) is 0 Å². The Morgan fingerprint density at radius 2 is 0.810 bits per heavy atom. The molecule has 0 amide bonds. The molecule has 2 aliphatic rings. The van der Waals surface area contributed by atoms with Crippen molar-refractivity contribution in [2.75, 3.05) is 9.80 Å². The smallest absolute Gasteiger partial charge is 0.0641 e. The van der Waals surface area contributed by atoms with Crippen molar-refractivity contribution >= 4 is 93.8 Å². The van der Waals surface area contributed by atoms with Gasteiger partial charge in [-0.2, -0.15) is 0 Å². The molecular weight excluding hydrogens is 955 g/mol. The van der Waals surface area contributed by atoms with Crippen LogP contribution in [-0.2, 0) is 21.7 Å². The van der Waals surface area contributed by atoms with Crippen molar-refractivity contribution in [3.63, 3.8) is 0 Å². The largest absolute Gasteiger partial charge is 0.310 e. The zero-order valence-electron chi connectivity index (χ0n) is 47.0.